The molecule has 5 nitrogen and oxygen atoms in total. The van der Waals surface area contributed by atoms with Crippen LogP contribution in [-0.2, 0) is 14.3 Å². The van der Waals surface area contributed by atoms with Gasteiger partial charge in [0.25, 0.3) is 0 Å². The van der Waals surface area contributed by atoms with Crippen molar-refractivity contribution >= 4 is 11.9 Å². The fourth-order valence-electron chi connectivity index (χ4n) is 3.28. The Kier molecular flexibility index (Phi) is 5.26. The molecule has 0 spiro atoms. The largest absolute Gasteiger partial charge is 0.467 e. The van der Waals surface area contributed by atoms with E-state index in [0.29, 0.717) is 17.9 Å². The number of para-hydroxylation sites is 2. The summed E-state index contributed by atoms with van der Waals surface area (Å²) < 4.78 is 10.8. The monoisotopic (exact) mass is 353 g/mol. The Labute approximate surface area is 153 Å². The van der Waals surface area contributed by atoms with Crippen molar-refractivity contribution in [3.63, 3.8) is 0 Å². The van der Waals surface area contributed by atoms with Gasteiger partial charge in [-0.1, -0.05) is 50.2 Å². The van der Waals surface area contributed by atoms with Gasteiger partial charge in [0.15, 0.2) is 0 Å². The SMILES string of the molecule is COC(=O)C(CC(C)C)NC(=O)C1c2ccccc2Oc2ccccc21. The highest BCUT2D eigenvalue weighted by Crippen LogP contribution is 2.43. The number of hydrogen-bond acceptors (Lipinski definition) is 4. The molecule has 1 amide bonds. The lowest BCUT2D eigenvalue weighted by Crippen LogP contribution is -2.45. The number of methoxy groups -OCH3 is 1. The molecule has 0 fully saturated rings. The van der Waals surface area contributed by atoms with Gasteiger partial charge in [0.2, 0.25) is 5.91 Å². The van der Waals surface area contributed by atoms with E-state index in [1.807, 2.05) is 62.4 Å². The second-order valence-corrected chi connectivity index (χ2v) is 6.82. The number of fused-ring (bicyclic) bond motifs is 2. The van der Waals surface area contributed by atoms with Crippen molar-refractivity contribution in [3.8, 4) is 11.5 Å². The third kappa shape index (κ3) is 3.57. The van der Waals surface area contributed by atoms with Crippen LogP contribution < -0.4 is 10.1 Å². The summed E-state index contributed by atoms with van der Waals surface area (Å²) in [7, 11) is 1.33. The smallest absolute Gasteiger partial charge is 0.328 e. The molecule has 5 heteroatoms. The van der Waals surface area contributed by atoms with Crippen molar-refractivity contribution in [2.24, 2.45) is 5.92 Å². The summed E-state index contributed by atoms with van der Waals surface area (Å²) in [5, 5.41) is 2.88. The molecule has 1 aliphatic heterocycles. The number of hydrogen-bond donors (Lipinski definition) is 1. The van der Waals surface area contributed by atoms with Gasteiger partial charge in [-0.2, -0.15) is 0 Å². The predicted octanol–water partition coefficient (Wildman–Crippen LogP) is 3.63. The lowest BCUT2D eigenvalue weighted by Gasteiger charge is -2.29. The van der Waals surface area contributed by atoms with E-state index in [9.17, 15) is 9.59 Å². The summed E-state index contributed by atoms with van der Waals surface area (Å²) in [5.74, 6) is 0.365. The zero-order valence-electron chi connectivity index (χ0n) is 15.2. The summed E-state index contributed by atoms with van der Waals surface area (Å²) in [6, 6.07) is 14.3. The molecule has 2 aromatic carbocycles. The normalized spacial score (nSPS) is 14.0. The van der Waals surface area contributed by atoms with E-state index in [1.54, 1.807) is 0 Å². The minimum atomic E-state index is -0.672. The fourth-order valence-corrected chi connectivity index (χ4v) is 3.28. The Hall–Kier alpha value is -2.82. The first kappa shape index (κ1) is 18.0. The maximum Gasteiger partial charge on any atom is 0.328 e. The molecular formula is C21H23NO4. The van der Waals surface area contributed by atoms with Gasteiger partial charge in [0.05, 0.1) is 13.0 Å². The molecule has 1 heterocycles. The number of nitrogens with one attached hydrogen (secondary N) is 1. The molecule has 136 valence electrons. The summed E-state index contributed by atoms with van der Waals surface area (Å²) in [6.07, 6.45) is 0.519. The van der Waals surface area contributed by atoms with Crippen molar-refractivity contribution in [1.82, 2.24) is 5.32 Å². The Morgan fingerprint density at radius 2 is 1.58 bits per heavy atom. The maximum absolute atomic E-state index is 13.2. The quantitative estimate of drug-likeness (QED) is 0.834. The number of ether oxygens (including phenoxy) is 2. The summed E-state index contributed by atoms with van der Waals surface area (Å²) in [6.45, 7) is 4.00. The topological polar surface area (TPSA) is 64.6 Å². The zero-order valence-corrected chi connectivity index (χ0v) is 15.2. The van der Waals surface area contributed by atoms with Crippen LogP contribution in [0.2, 0.25) is 0 Å². The van der Waals surface area contributed by atoms with E-state index in [1.165, 1.54) is 7.11 Å². The van der Waals surface area contributed by atoms with E-state index in [2.05, 4.69) is 5.32 Å². The molecule has 1 unspecified atom stereocenters. The lowest BCUT2D eigenvalue weighted by molar-refractivity contribution is -0.145. The zero-order chi connectivity index (χ0) is 18.7. The van der Waals surface area contributed by atoms with Gasteiger partial charge < -0.3 is 14.8 Å². The molecular weight excluding hydrogens is 330 g/mol. The van der Waals surface area contributed by atoms with E-state index in [4.69, 9.17) is 9.47 Å². The van der Waals surface area contributed by atoms with Crippen molar-refractivity contribution in [3.05, 3.63) is 59.7 Å². The van der Waals surface area contributed by atoms with Crippen LogP contribution in [0.5, 0.6) is 11.5 Å². The molecule has 0 radical (unpaired) electrons. The second-order valence-electron chi connectivity index (χ2n) is 6.82. The minimum absolute atomic E-state index is 0.232. The highest BCUT2D eigenvalue weighted by atomic mass is 16.5. The number of rotatable bonds is 5. The molecule has 1 aliphatic rings. The number of esters is 1. The van der Waals surface area contributed by atoms with Crippen LogP contribution in [-0.4, -0.2) is 25.0 Å². The summed E-state index contributed by atoms with van der Waals surface area (Å²) in [5.41, 5.74) is 1.58. The van der Waals surface area contributed by atoms with Crippen molar-refractivity contribution in [2.45, 2.75) is 32.2 Å². The second kappa shape index (κ2) is 7.60. The van der Waals surface area contributed by atoms with Gasteiger partial charge in [-0.3, -0.25) is 4.79 Å². The van der Waals surface area contributed by atoms with Gasteiger partial charge in [0.1, 0.15) is 17.5 Å². The molecule has 0 bridgehead atoms. The predicted molar refractivity (Wildman–Crippen MR) is 98.2 cm³/mol. The number of carbonyl (C=O) groups excluding carboxylic acids is 2. The number of carbonyl (C=O) groups is 2. The average Bonchev–Trinajstić information content (AvgIpc) is 2.64. The molecule has 26 heavy (non-hydrogen) atoms. The molecule has 0 aliphatic carbocycles. The van der Waals surface area contributed by atoms with E-state index >= 15 is 0 Å². The summed E-state index contributed by atoms with van der Waals surface area (Å²) >= 11 is 0. The fraction of sp³-hybridized carbons (Fsp3) is 0.333. The first-order chi connectivity index (χ1) is 12.5. The van der Waals surface area contributed by atoms with Crippen molar-refractivity contribution in [1.29, 1.82) is 0 Å². The maximum atomic E-state index is 13.2. The summed E-state index contributed by atoms with van der Waals surface area (Å²) in [4.78, 5) is 25.3. The molecule has 1 atom stereocenters. The Bertz CT molecular complexity index is 770. The third-order valence-corrected chi connectivity index (χ3v) is 4.45. The van der Waals surface area contributed by atoms with Crippen LogP contribution in [0.25, 0.3) is 0 Å². The van der Waals surface area contributed by atoms with Crippen LogP contribution in [0.1, 0.15) is 37.3 Å². The Morgan fingerprint density at radius 3 is 2.08 bits per heavy atom. The van der Waals surface area contributed by atoms with Crippen LogP contribution in [0.4, 0.5) is 0 Å². The lowest BCUT2D eigenvalue weighted by atomic mass is 9.87. The van der Waals surface area contributed by atoms with Crippen LogP contribution in [0.3, 0.4) is 0 Å². The highest BCUT2D eigenvalue weighted by Gasteiger charge is 2.34. The third-order valence-electron chi connectivity index (χ3n) is 4.45. The Morgan fingerprint density at radius 1 is 1.04 bits per heavy atom. The highest BCUT2D eigenvalue weighted by molar-refractivity contribution is 5.92. The van der Waals surface area contributed by atoms with Crippen LogP contribution in [0.15, 0.2) is 48.5 Å². The molecule has 0 aromatic heterocycles. The van der Waals surface area contributed by atoms with Gasteiger partial charge in [-0.05, 0) is 24.5 Å². The van der Waals surface area contributed by atoms with E-state index in [0.717, 1.165) is 11.1 Å². The van der Waals surface area contributed by atoms with Gasteiger partial charge >= 0.3 is 5.97 Å². The molecule has 0 saturated heterocycles. The Balaban J connectivity index is 1.95. The molecule has 3 rings (SSSR count). The minimum Gasteiger partial charge on any atom is -0.467 e. The first-order valence-electron chi connectivity index (χ1n) is 8.75. The van der Waals surface area contributed by atoms with E-state index in [-0.39, 0.29) is 11.8 Å². The van der Waals surface area contributed by atoms with Gasteiger partial charge in [-0.15, -0.1) is 0 Å². The van der Waals surface area contributed by atoms with Crippen molar-refractivity contribution in [2.75, 3.05) is 7.11 Å². The number of benzene rings is 2. The first-order valence-corrected chi connectivity index (χ1v) is 8.75. The molecule has 1 N–H and O–H groups in total. The average molecular weight is 353 g/mol. The van der Waals surface area contributed by atoms with Crippen molar-refractivity contribution < 1.29 is 19.1 Å². The van der Waals surface area contributed by atoms with Crippen LogP contribution in [0, 0.1) is 5.92 Å². The van der Waals surface area contributed by atoms with Gasteiger partial charge in [-0.25, -0.2) is 4.79 Å². The van der Waals surface area contributed by atoms with Crippen LogP contribution >= 0.6 is 0 Å². The molecule has 2 aromatic rings. The molecule has 0 saturated carbocycles. The van der Waals surface area contributed by atoms with Gasteiger partial charge in [0, 0.05) is 11.1 Å². The number of amides is 1. The standard InChI is InChI=1S/C21H23NO4/c1-13(2)12-16(21(24)25-3)22-20(23)19-14-8-4-6-10-17(14)26-18-11-7-5-9-15(18)19/h4-11,13,16,19H,12H2,1-3H3,(H,22,23). The van der Waals surface area contributed by atoms with E-state index < -0.39 is 17.9 Å².